The van der Waals surface area contributed by atoms with E-state index in [2.05, 4.69) is 0 Å². The monoisotopic (exact) mass is 222 g/mol. The molecule has 0 unspecified atom stereocenters. The zero-order chi connectivity index (χ0) is 12.5. The van der Waals surface area contributed by atoms with Crippen LogP contribution in [0.5, 0.6) is 0 Å². The van der Waals surface area contributed by atoms with Gasteiger partial charge in [-0.05, 0) is 27.2 Å². The molecule has 0 saturated heterocycles. The van der Waals surface area contributed by atoms with Gasteiger partial charge in [0.15, 0.2) is 0 Å². The number of carbonyl (C=O) groups excluding carboxylic acids is 3. The van der Waals surface area contributed by atoms with E-state index in [4.69, 9.17) is 0 Å². The third kappa shape index (κ3) is 2.10. The first-order chi connectivity index (χ1) is 7.36. The smallest absolute Gasteiger partial charge is 0.232 e. The van der Waals surface area contributed by atoms with Crippen molar-refractivity contribution < 1.29 is 19.5 Å². The van der Waals surface area contributed by atoms with E-state index in [0.717, 1.165) is 0 Å². The number of aliphatic hydroxyl groups is 1. The highest BCUT2D eigenvalue weighted by atomic mass is 16.3. The van der Waals surface area contributed by atoms with Gasteiger partial charge in [-0.1, -0.05) is 0 Å². The lowest BCUT2D eigenvalue weighted by Gasteiger charge is -2.17. The highest BCUT2D eigenvalue weighted by Gasteiger charge is 2.29. The average Bonchev–Trinajstić information content (AvgIpc) is 2.23. The molecule has 0 atom stereocenters. The minimum atomic E-state index is -0.665. The van der Waals surface area contributed by atoms with Gasteiger partial charge in [-0.3, -0.25) is 9.59 Å². The number of hydrogen-bond acceptors (Lipinski definition) is 4. The van der Waals surface area contributed by atoms with Gasteiger partial charge in [-0.15, -0.1) is 0 Å². The highest BCUT2D eigenvalue weighted by Crippen LogP contribution is 2.27. The third-order valence-electron chi connectivity index (χ3n) is 2.71. The Kier molecular flexibility index (Phi) is 3.42. The summed E-state index contributed by atoms with van der Waals surface area (Å²) in [5.41, 5.74) is 0.723. The van der Waals surface area contributed by atoms with Crippen LogP contribution in [0.25, 0.3) is 0 Å². The standard InChI is InChI=1S/C12H14O4/c1-6(13)4-5-9-7(2)11(15)12(16)8(3)10(9)14/h14H,4-5H2,1-3H3. The molecule has 0 aromatic carbocycles. The van der Waals surface area contributed by atoms with E-state index >= 15 is 0 Å². The molecule has 1 N–H and O–H groups in total. The molecule has 0 amide bonds. The SMILES string of the molecule is CC(=O)CCC1=C(C)C(=O)C(=O)C(C)=C1O. The van der Waals surface area contributed by atoms with Crippen molar-refractivity contribution in [3.63, 3.8) is 0 Å². The fourth-order valence-electron chi connectivity index (χ4n) is 1.60. The van der Waals surface area contributed by atoms with Crippen molar-refractivity contribution in [1.82, 2.24) is 0 Å². The summed E-state index contributed by atoms with van der Waals surface area (Å²) in [4.78, 5) is 33.7. The van der Waals surface area contributed by atoms with Crippen LogP contribution in [0.15, 0.2) is 22.5 Å². The van der Waals surface area contributed by atoms with Gasteiger partial charge in [0.2, 0.25) is 11.6 Å². The minimum Gasteiger partial charge on any atom is -0.507 e. The number of ketones is 3. The summed E-state index contributed by atoms with van der Waals surface area (Å²) in [7, 11) is 0. The zero-order valence-electron chi connectivity index (χ0n) is 9.59. The van der Waals surface area contributed by atoms with Crippen LogP contribution in [-0.2, 0) is 14.4 Å². The lowest BCUT2D eigenvalue weighted by molar-refractivity contribution is -0.132. The molecular formula is C12H14O4. The van der Waals surface area contributed by atoms with Gasteiger partial charge in [-0.2, -0.15) is 0 Å². The normalized spacial score (nSPS) is 17.2. The molecule has 0 fully saturated rings. The van der Waals surface area contributed by atoms with E-state index in [-0.39, 0.29) is 29.1 Å². The lowest BCUT2D eigenvalue weighted by atomic mass is 9.87. The second kappa shape index (κ2) is 4.43. The second-order valence-electron chi connectivity index (χ2n) is 3.94. The van der Waals surface area contributed by atoms with Crippen molar-refractivity contribution in [2.45, 2.75) is 33.6 Å². The molecule has 0 saturated carbocycles. The fourth-order valence-corrected chi connectivity index (χ4v) is 1.60. The first-order valence-electron chi connectivity index (χ1n) is 5.04. The van der Waals surface area contributed by atoms with Gasteiger partial charge in [0, 0.05) is 23.1 Å². The Morgan fingerprint density at radius 3 is 2.12 bits per heavy atom. The summed E-state index contributed by atoms with van der Waals surface area (Å²) in [6.07, 6.45) is 0.550. The second-order valence-corrected chi connectivity index (χ2v) is 3.94. The molecule has 0 aliphatic heterocycles. The highest BCUT2D eigenvalue weighted by molar-refractivity contribution is 6.50. The topological polar surface area (TPSA) is 71.4 Å². The van der Waals surface area contributed by atoms with Gasteiger partial charge < -0.3 is 9.90 Å². The van der Waals surface area contributed by atoms with E-state index in [0.29, 0.717) is 12.0 Å². The van der Waals surface area contributed by atoms with Crippen LogP contribution < -0.4 is 0 Å². The van der Waals surface area contributed by atoms with Crippen molar-refractivity contribution in [2.24, 2.45) is 0 Å². The Balaban J connectivity index is 3.10. The molecule has 86 valence electrons. The number of carbonyl (C=O) groups is 3. The molecule has 16 heavy (non-hydrogen) atoms. The summed E-state index contributed by atoms with van der Waals surface area (Å²) < 4.78 is 0. The first kappa shape index (κ1) is 12.4. The zero-order valence-corrected chi connectivity index (χ0v) is 9.59. The molecule has 1 aliphatic carbocycles. The summed E-state index contributed by atoms with van der Waals surface area (Å²) in [5, 5.41) is 9.75. The number of hydrogen-bond donors (Lipinski definition) is 1. The molecule has 1 rings (SSSR count). The summed E-state index contributed by atoms with van der Waals surface area (Å²) >= 11 is 0. The van der Waals surface area contributed by atoms with Crippen molar-refractivity contribution in [2.75, 3.05) is 0 Å². The Labute approximate surface area is 93.6 Å². The molecule has 1 aliphatic rings. The van der Waals surface area contributed by atoms with Gasteiger partial charge in [-0.25, -0.2) is 0 Å². The molecule has 4 nitrogen and oxygen atoms in total. The van der Waals surface area contributed by atoms with Gasteiger partial charge in [0.1, 0.15) is 11.5 Å². The van der Waals surface area contributed by atoms with E-state index in [9.17, 15) is 19.5 Å². The lowest BCUT2D eigenvalue weighted by Crippen LogP contribution is -2.24. The third-order valence-corrected chi connectivity index (χ3v) is 2.71. The first-order valence-corrected chi connectivity index (χ1v) is 5.04. The predicted molar refractivity (Wildman–Crippen MR) is 58.0 cm³/mol. The van der Waals surface area contributed by atoms with Crippen molar-refractivity contribution in [3.05, 3.63) is 22.5 Å². The van der Waals surface area contributed by atoms with Crippen LogP contribution >= 0.6 is 0 Å². The quantitative estimate of drug-likeness (QED) is 0.582. The predicted octanol–water partition coefficient (Wildman–Crippen LogP) is 1.66. The van der Waals surface area contributed by atoms with Crippen LogP contribution in [0.3, 0.4) is 0 Å². The maximum absolute atomic E-state index is 11.5. The Hall–Kier alpha value is -1.71. The largest absolute Gasteiger partial charge is 0.507 e. The molecule has 0 aromatic rings. The average molecular weight is 222 g/mol. The van der Waals surface area contributed by atoms with Crippen molar-refractivity contribution in [3.8, 4) is 0 Å². The maximum Gasteiger partial charge on any atom is 0.232 e. The Bertz CT molecular complexity index is 438. The van der Waals surface area contributed by atoms with Crippen LogP contribution in [-0.4, -0.2) is 22.5 Å². The molecule has 0 heterocycles. The maximum atomic E-state index is 11.5. The Morgan fingerprint density at radius 2 is 1.62 bits per heavy atom. The van der Waals surface area contributed by atoms with E-state index in [1.807, 2.05) is 0 Å². The molecular weight excluding hydrogens is 208 g/mol. The number of aliphatic hydroxyl groups excluding tert-OH is 1. The van der Waals surface area contributed by atoms with Gasteiger partial charge in [0.25, 0.3) is 0 Å². The fraction of sp³-hybridized carbons (Fsp3) is 0.417. The number of allylic oxidation sites excluding steroid dienone is 3. The van der Waals surface area contributed by atoms with Gasteiger partial charge >= 0.3 is 0 Å². The van der Waals surface area contributed by atoms with Crippen molar-refractivity contribution >= 4 is 17.3 Å². The van der Waals surface area contributed by atoms with Crippen LogP contribution in [0, 0.1) is 0 Å². The molecule has 0 spiro atoms. The van der Waals surface area contributed by atoms with Crippen LogP contribution in [0.4, 0.5) is 0 Å². The molecule has 0 bridgehead atoms. The summed E-state index contributed by atoms with van der Waals surface area (Å²) in [6, 6.07) is 0. The number of rotatable bonds is 3. The summed E-state index contributed by atoms with van der Waals surface area (Å²) in [6.45, 7) is 4.35. The van der Waals surface area contributed by atoms with Gasteiger partial charge in [0.05, 0.1) is 0 Å². The van der Waals surface area contributed by atoms with Crippen LogP contribution in [0.1, 0.15) is 33.6 Å². The molecule has 0 radical (unpaired) electrons. The van der Waals surface area contributed by atoms with Crippen molar-refractivity contribution in [1.29, 1.82) is 0 Å². The van der Waals surface area contributed by atoms with E-state index in [1.165, 1.54) is 20.8 Å². The van der Waals surface area contributed by atoms with Crippen LogP contribution in [0.2, 0.25) is 0 Å². The number of Topliss-reactive ketones (excluding diaryl/α,β-unsaturated/α-hetero) is 3. The summed E-state index contributed by atoms with van der Waals surface area (Å²) in [5.74, 6) is -1.42. The molecule has 0 aromatic heterocycles. The Morgan fingerprint density at radius 1 is 1.12 bits per heavy atom. The molecule has 4 heteroatoms. The van der Waals surface area contributed by atoms with E-state index < -0.39 is 11.6 Å². The minimum absolute atomic E-state index is 0.0184. The van der Waals surface area contributed by atoms with E-state index in [1.54, 1.807) is 0 Å².